The molecule has 2 aliphatic rings. The predicted molar refractivity (Wildman–Crippen MR) is 127 cm³/mol. The number of fused-ring (bicyclic) bond motifs is 1. The molecule has 2 amide bonds. The Balaban J connectivity index is 1.85. The molecule has 0 N–H and O–H groups in total. The number of esters is 2. The van der Waals surface area contributed by atoms with Gasteiger partial charge in [-0.25, -0.2) is 14.5 Å². The SMILES string of the molecule is CCOC(=O)[C@H]1[C@@H]2C(=O)N(c3ccc(Cl)cc3)C(=O)[C@@H]2[C@H](C(=O)OCC)N1c1ccc(OC)cc1. The van der Waals surface area contributed by atoms with E-state index in [4.69, 9.17) is 25.8 Å². The Morgan fingerprint density at radius 3 is 1.69 bits per heavy atom. The maximum Gasteiger partial charge on any atom is 0.329 e. The van der Waals surface area contributed by atoms with E-state index in [1.165, 1.54) is 12.0 Å². The van der Waals surface area contributed by atoms with E-state index in [2.05, 4.69) is 0 Å². The van der Waals surface area contributed by atoms with Crippen molar-refractivity contribution in [3.05, 3.63) is 53.6 Å². The Labute approximate surface area is 207 Å². The van der Waals surface area contributed by atoms with E-state index in [0.29, 0.717) is 22.1 Å². The first kappa shape index (κ1) is 24.5. The summed E-state index contributed by atoms with van der Waals surface area (Å²) in [6.45, 7) is 3.42. The fourth-order valence-corrected chi connectivity index (χ4v) is 4.92. The fourth-order valence-electron chi connectivity index (χ4n) is 4.79. The van der Waals surface area contributed by atoms with Gasteiger partial charge in [0, 0.05) is 10.7 Å². The minimum absolute atomic E-state index is 0.0658. The van der Waals surface area contributed by atoms with Crippen molar-refractivity contribution in [1.82, 2.24) is 0 Å². The number of benzene rings is 2. The molecule has 9 nitrogen and oxygen atoms in total. The number of hydrogen-bond donors (Lipinski definition) is 0. The van der Waals surface area contributed by atoms with E-state index in [1.54, 1.807) is 62.4 Å². The van der Waals surface area contributed by atoms with Crippen molar-refractivity contribution in [2.24, 2.45) is 11.8 Å². The lowest BCUT2D eigenvalue weighted by Gasteiger charge is -2.33. The second kappa shape index (κ2) is 9.95. The summed E-state index contributed by atoms with van der Waals surface area (Å²) in [5.74, 6) is -4.32. The highest BCUT2D eigenvalue weighted by molar-refractivity contribution is 6.31. The van der Waals surface area contributed by atoms with Crippen LogP contribution in [0.3, 0.4) is 0 Å². The molecule has 0 aliphatic carbocycles. The molecule has 2 aliphatic heterocycles. The first-order valence-electron chi connectivity index (χ1n) is 11.2. The van der Waals surface area contributed by atoms with Gasteiger partial charge in [-0.3, -0.25) is 9.59 Å². The van der Waals surface area contributed by atoms with Gasteiger partial charge in [-0.1, -0.05) is 11.6 Å². The van der Waals surface area contributed by atoms with Crippen molar-refractivity contribution in [3.8, 4) is 5.75 Å². The zero-order chi connectivity index (χ0) is 25.3. The Morgan fingerprint density at radius 2 is 1.26 bits per heavy atom. The lowest BCUT2D eigenvalue weighted by molar-refractivity contribution is -0.147. The quantitative estimate of drug-likeness (QED) is 0.422. The van der Waals surface area contributed by atoms with Gasteiger partial charge in [0.15, 0.2) is 0 Å². The van der Waals surface area contributed by atoms with Gasteiger partial charge in [-0.15, -0.1) is 0 Å². The minimum atomic E-state index is -1.21. The molecule has 10 heteroatoms. The van der Waals surface area contributed by atoms with Crippen molar-refractivity contribution in [1.29, 1.82) is 0 Å². The number of amides is 2. The van der Waals surface area contributed by atoms with Crippen LogP contribution in [0.5, 0.6) is 5.75 Å². The van der Waals surface area contributed by atoms with Crippen LogP contribution in [0.2, 0.25) is 5.02 Å². The second-order valence-electron chi connectivity index (χ2n) is 8.04. The minimum Gasteiger partial charge on any atom is -0.497 e. The Bertz CT molecular complexity index is 1090. The molecule has 35 heavy (non-hydrogen) atoms. The predicted octanol–water partition coefficient (Wildman–Crippen LogP) is 2.84. The monoisotopic (exact) mass is 500 g/mol. The summed E-state index contributed by atoms with van der Waals surface area (Å²) in [5.41, 5.74) is 0.759. The molecular weight excluding hydrogens is 476 g/mol. The summed E-state index contributed by atoms with van der Waals surface area (Å²) < 4.78 is 15.8. The third-order valence-corrected chi connectivity index (χ3v) is 6.44. The van der Waals surface area contributed by atoms with E-state index in [0.717, 1.165) is 4.90 Å². The van der Waals surface area contributed by atoms with Crippen LogP contribution in [0, 0.1) is 11.8 Å². The first-order chi connectivity index (χ1) is 16.8. The zero-order valence-corrected chi connectivity index (χ0v) is 20.2. The highest BCUT2D eigenvalue weighted by Gasteiger charge is 2.67. The maximum atomic E-state index is 13.7. The van der Waals surface area contributed by atoms with Crippen molar-refractivity contribution in [2.75, 3.05) is 30.1 Å². The number of carbonyl (C=O) groups is 4. The molecule has 0 saturated carbocycles. The summed E-state index contributed by atoms with van der Waals surface area (Å²) in [5, 5.41) is 0.438. The topological polar surface area (TPSA) is 102 Å². The molecule has 0 spiro atoms. The molecule has 4 atom stereocenters. The van der Waals surface area contributed by atoms with Crippen LogP contribution >= 0.6 is 11.6 Å². The van der Waals surface area contributed by atoms with Crippen LogP contribution in [0.4, 0.5) is 11.4 Å². The standard InChI is InChI=1S/C25H25ClN2O7/c1-4-34-24(31)20-18-19(23(30)28(22(18)29)16-8-6-14(26)7-9-16)21(25(32)35-5-2)27(20)15-10-12-17(33-3)13-11-15/h6-13,18-21H,4-5H2,1-3H3/t18-,19+,20-,21-/m1/s1. The summed E-state index contributed by atoms with van der Waals surface area (Å²) in [7, 11) is 1.51. The number of nitrogens with zero attached hydrogens (tertiary/aromatic N) is 2. The van der Waals surface area contributed by atoms with Crippen LogP contribution in [-0.2, 0) is 28.7 Å². The number of ether oxygens (including phenoxy) is 3. The van der Waals surface area contributed by atoms with Gasteiger partial charge in [-0.2, -0.15) is 0 Å². The van der Waals surface area contributed by atoms with Crippen LogP contribution in [0.1, 0.15) is 13.8 Å². The summed E-state index contributed by atoms with van der Waals surface area (Å²) in [4.78, 5) is 56.3. The Morgan fingerprint density at radius 1 is 0.800 bits per heavy atom. The summed E-state index contributed by atoms with van der Waals surface area (Å²) >= 11 is 5.97. The van der Waals surface area contributed by atoms with Crippen LogP contribution in [0.15, 0.2) is 48.5 Å². The molecular formula is C25H25ClN2O7. The number of halogens is 1. The van der Waals surface area contributed by atoms with Gasteiger partial charge >= 0.3 is 11.9 Å². The smallest absolute Gasteiger partial charge is 0.329 e. The molecule has 2 saturated heterocycles. The van der Waals surface area contributed by atoms with Gasteiger partial charge in [0.1, 0.15) is 17.8 Å². The molecule has 2 fully saturated rings. The highest BCUT2D eigenvalue weighted by atomic mass is 35.5. The second-order valence-corrected chi connectivity index (χ2v) is 8.48. The highest BCUT2D eigenvalue weighted by Crippen LogP contribution is 2.47. The van der Waals surface area contributed by atoms with Gasteiger partial charge in [-0.05, 0) is 62.4 Å². The van der Waals surface area contributed by atoms with E-state index in [-0.39, 0.29) is 13.2 Å². The Kier molecular flexibility index (Phi) is 6.98. The van der Waals surface area contributed by atoms with Crippen LogP contribution in [0.25, 0.3) is 0 Å². The molecule has 0 unspecified atom stereocenters. The average molecular weight is 501 g/mol. The number of hydrogen-bond acceptors (Lipinski definition) is 8. The molecule has 4 rings (SSSR count). The van der Waals surface area contributed by atoms with E-state index in [1.807, 2.05) is 0 Å². The molecule has 2 aromatic carbocycles. The van der Waals surface area contributed by atoms with Crippen LogP contribution in [-0.4, -0.2) is 56.2 Å². The van der Waals surface area contributed by atoms with E-state index in [9.17, 15) is 19.2 Å². The molecule has 0 bridgehead atoms. The van der Waals surface area contributed by atoms with Gasteiger partial charge in [0.25, 0.3) is 0 Å². The number of anilines is 2. The molecule has 184 valence electrons. The molecule has 0 radical (unpaired) electrons. The number of imide groups is 1. The molecule has 2 heterocycles. The number of rotatable bonds is 7. The van der Waals surface area contributed by atoms with Gasteiger partial charge in [0.2, 0.25) is 11.8 Å². The summed E-state index contributed by atoms with van der Waals surface area (Å²) in [6.07, 6.45) is 0. The largest absolute Gasteiger partial charge is 0.497 e. The summed E-state index contributed by atoms with van der Waals surface area (Å²) in [6, 6.07) is 10.4. The normalized spacial score (nSPS) is 23.3. The Hall–Kier alpha value is -3.59. The molecule has 2 aromatic rings. The van der Waals surface area contributed by atoms with Gasteiger partial charge in [0.05, 0.1) is 37.8 Å². The third-order valence-electron chi connectivity index (χ3n) is 6.19. The average Bonchev–Trinajstić information content (AvgIpc) is 3.33. The third kappa shape index (κ3) is 4.20. The van der Waals surface area contributed by atoms with E-state index < -0.39 is 47.7 Å². The lowest BCUT2D eigenvalue weighted by atomic mass is 9.89. The first-order valence-corrected chi connectivity index (χ1v) is 11.6. The van der Waals surface area contributed by atoms with Gasteiger partial charge < -0.3 is 19.1 Å². The lowest BCUT2D eigenvalue weighted by Crippen LogP contribution is -2.51. The van der Waals surface area contributed by atoms with Crippen molar-refractivity contribution in [2.45, 2.75) is 25.9 Å². The van der Waals surface area contributed by atoms with E-state index >= 15 is 0 Å². The number of carbonyl (C=O) groups excluding carboxylic acids is 4. The van der Waals surface area contributed by atoms with Crippen molar-refractivity contribution >= 4 is 46.7 Å². The molecule has 0 aromatic heterocycles. The van der Waals surface area contributed by atoms with Crippen molar-refractivity contribution in [3.63, 3.8) is 0 Å². The number of methoxy groups -OCH3 is 1. The van der Waals surface area contributed by atoms with Crippen molar-refractivity contribution < 1.29 is 33.4 Å². The maximum absolute atomic E-state index is 13.7. The zero-order valence-electron chi connectivity index (χ0n) is 19.5. The van der Waals surface area contributed by atoms with Crippen LogP contribution < -0.4 is 14.5 Å². The fraction of sp³-hybridized carbons (Fsp3) is 0.360.